The third kappa shape index (κ3) is 1.79. The van der Waals surface area contributed by atoms with Gasteiger partial charge in [0.1, 0.15) is 0 Å². The standard InChI is InChI=1S/C11H11ClS2/c1-2-7-4-10-8(3-9(7)6-12)5-11(13)14-10/h3-5,13H,2,6H2,1H3. The molecular weight excluding hydrogens is 232 g/mol. The lowest BCUT2D eigenvalue weighted by Gasteiger charge is -2.04. The smallest absolute Gasteiger partial charge is 0.0580 e. The van der Waals surface area contributed by atoms with Crippen molar-refractivity contribution in [3.05, 3.63) is 29.3 Å². The summed E-state index contributed by atoms with van der Waals surface area (Å²) in [5.74, 6) is 0.594. The molecule has 0 spiro atoms. The van der Waals surface area contributed by atoms with Gasteiger partial charge in [0.25, 0.3) is 0 Å². The molecule has 1 heterocycles. The summed E-state index contributed by atoms with van der Waals surface area (Å²) in [6.07, 6.45) is 1.04. The van der Waals surface area contributed by atoms with E-state index in [2.05, 4.69) is 37.8 Å². The van der Waals surface area contributed by atoms with Crippen LogP contribution in [0.4, 0.5) is 0 Å². The van der Waals surface area contributed by atoms with E-state index in [0.29, 0.717) is 5.88 Å². The molecular formula is C11H11ClS2. The Morgan fingerprint density at radius 3 is 2.71 bits per heavy atom. The van der Waals surface area contributed by atoms with E-state index in [-0.39, 0.29) is 0 Å². The van der Waals surface area contributed by atoms with Crippen LogP contribution in [-0.2, 0) is 12.3 Å². The van der Waals surface area contributed by atoms with E-state index in [4.69, 9.17) is 11.6 Å². The summed E-state index contributed by atoms with van der Waals surface area (Å²) < 4.78 is 2.37. The third-order valence-electron chi connectivity index (χ3n) is 2.35. The molecule has 0 amide bonds. The van der Waals surface area contributed by atoms with Crippen LogP contribution in [0.5, 0.6) is 0 Å². The monoisotopic (exact) mass is 242 g/mol. The normalized spacial score (nSPS) is 11.1. The first-order valence-corrected chi connectivity index (χ1v) is 6.34. The maximum Gasteiger partial charge on any atom is 0.0580 e. The topological polar surface area (TPSA) is 0 Å². The summed E-state index contributed by atoms with van der Waals surface area (Å²) in [5.41, 5.74) is 2.59. The van der Waals surface area contributed by atoms with E-state index in [1.165, 1.54) is 21.2 Å². The van der Waals surface area contributed by atoms with Gasteiger partial charge in [-0.15, -0.1) is 35.6 Å². The first kappa shape index (κ1) is 10.3. The van der Waals surface area contributed by atoms with E-state index in [1.54, 1.807) is 11.3 Å². The van der Waals surface area contributed by atoms with Crippen molar-refractivity contribution in [2.45, 2.75) is 23.4 Å². The summed E-state index contributed by atoms with van der Waals surface area (Å²) in [7, 11) is 0. The molecule has 0 nitrogen and oxygen atoms in total. The van der Waals surface area contributed by atoms with Crippen molar-refractivity contribution >= 4 is 45.7 Å². The van der Waals surface area contributed by atoms with Gasteiger partial charge < -0.3 is 0 Å². The molecule has 0 radical (unpaired) electrons. The summed E-state index contributed by atoms with van der Waals surface area (Å²) in [4.78, 5) is 0. The number of hydrogen-bond donors (Lipinski definition) is 1. The van der Waals surface area contributed by atoms with Crippen LogP contribution in [-0.4, -0.2) is 0 Å². The number of halogens is 1. The second-order valence-corrected chi connectivity index (χ2v) is 5.37. The van der Waals surface area contributed by atoms with Gasteiger partial charge in [-0.3, -0.25) is 0 Å². The molecule has 2 rings (SSSR count). The highest BCUT2D eigenvalue weighted by Gasteiger charge is 2.05. The van der Waals surface area contributed by atoms with Gasteiger partial charge in [0, 0.05) is 10.6 Å². The van der Waals surface area contributed by atoms with E-state index < -0.39 is 0 Å². The van der Waals surface area contributed by atoms with Crippen LogP contribution in [0.2, 0.25) is 0 Å². The highest BCUT2D eigenvalue weighted by molar-refractivity contribution is 7.83. The van der Waals surface area contributed by atoms with Crippen molar-refractivity contribution in [2.75, 3.05) is 0 Å². The first-order chi connectivity index (χ1) is 6.74. The van der Waals surface area contributed by atoms with Gasteiger partial charge in [0.05, 0.1) is 4.21 Å². The van der Waals surface area contributed by atoms with Crippen molar-refractivity contribution in [3.63, 3.8) is 0 Å². The Bertz CT molecular complexity index is 419. The molecule has 3 heteroatoms. The zero-order valence-corrected chi connectivity index (χ0v) is 10.3. The van der Waals surface area contributed by atoms with Gasteiger partial charge in [0.2, 0.25) is 0 Å². The zero-order valence-electron chi connectivity index (χ0n) is 7.88. The molecule has 1 aromatic heterocycles. The summed E-state index contributed by atoms with van der Waals surface area (Å²) in [6.45, 7) is 2.16. The lowest BCUT2D eigenvalue weighted by molar-refractivity contribution is 1.11. The second-order valence-electron chi connectivity index (χ2n) is 3.23. The predicted molar refractivity (Wildman–Crippen MR) is 68.0 cm³/mol. The molecule has 0 fully saturated rings. The number of alkyl halides is 1. The number of thiophene rings is 1. The first-order valence-electron chi connectivity index (χ1n) is 4.55. The predicted octanol–water partition coefficient (Wildman–Crippen LogP) is 4.49. The lowest BCUT2D eigenvalue weighted by Crippen LogP contribution is -1.88. The van der Waals surface area contributed by atoms with E-state index >= 15 is 0 Å². The van der Waals surface area contributed by atoms with Gasteiger partial charge in [-0.25, -0.2) is 0 Å². The Kier molecular flexibility index (Phi) is 3.05. The Morgan fingerprint density at radius 2 is 2.07 bits per heavy atom. The maximum atomic E-state index is 5.90. The molecule has 74 valence electrons. The molecule has 0 aliphatic carbocycles. The fourth-order valence-corrected chi connectivity index (χ4v) is 3.15. The van der Waals surface area contributed by atoms with Gasteiger partial charge >= 0.3 is 0 Å². The van der Waals surface area contributed by atoms with E-state index in [0.717, 1.165) is 10.6 Å². The van der Waals surface area contributed by atoms with Gasteiger partial charge in [0.15, 0.2) is 0 Å². The fraction of sp³-hybridized carbons (Fsp3) is 0.273. The average Bonchev–Trinajstić information content (AvgIpc) is 2.54. The van der Waals surface area contributed by atoms with Crippen LogP contribution in [0, 0.1) is 0 Å². The van der Waals surface area contributed by atoms with Crippen molar-refractivity contribution in [1.82, 2.24) is 0 Å². The van der Waals surface area contributed by atoms with Crippen LogP contribution < -0.4 is 0 Å². The molecule has 1 aromatic carbocycles. The highest BCUT2D eigenvalue weighted by Crippen LogP contribution is 2.31. The fourth-order valence-electron chi connectivity index (χ4n) is 1.62. The quantitative estimate of drug-likeness (QED) is 0.582. The molecule has 14 heavy (non-hydrogen) atoms. The maximum absolute atomic E-state index is 5.90. The van der Waals surface area contributed by atoms with Crippen LogP contribution in [0.15, 0.2) is 22.4 Å². The Hall–Kier alpha value is -0.180. The largest absolute Gasteiger partial charge is 0.133 e. The lowest BCUT2D eigenvalue weighted by atomic mass is 10.0. The zero-order chi connectivity index (χ0) is 10.1. The van der Waals surface area contributed by atoms with Crippen molar-refractivity contribution in [3.8, 4) is 0 Å². The molecule has 0 aliphatic heterocycles. The number of fused-ring (bicyclic) bond motifs is 1. The van der Waals surface area contributed by atoms with E-state index in [9.17, 15) is 0 Å². The minimum Gasteiger partial charge on any atom is -0.133 e. The number of aryl methyl sites for hydroxylation is 1. The number of benzene rings is 1. The van der Waals surface area contributed by atoms with E-state index in [1.807, 2.05) is 0 Å². The summed E-state index contributed by atoms with van der Waals surface area (Å²) in [6, 6.07) is 6.51. The number of rotatable bonds is 2. The van der Waals surface area contributed by atoms with Crippen LogP contribution in [0.1, 0.15) is 18.1 Å². The van der Waals surface area contributed by atoms with Crippen LogP contribution in [0.3, 0.4) is 0 Å². The third-order valence-corrected chi connectivity index (χ3v) is 3.94. The van der Waals surface area contributed by atoms with Crippen LogP contribution >= 0.6 is 35.6 Å². The molecule has 0 saturated heterocycles. The van der Waals surface area contributed by atoms with Crippen molar-refractivity contribution in [2.24, 2.45) is 0 Å². The molecule has 0 N–H and O–H groups in total. The van der Waals surface area contributed by atoms with Crippen LogP contribution in [0.25, 0.3) is 10.1 Å². The number of hydrogen-bond acceptors (Lipinski definition) is 2. The van der Waals surface area contributed by atoms with Crippen molar-refractivity contribution < 1.29 is 0 Å². The summed E-state index contributed by atoms with van der Waals surface area (Å²) in [5, 5.41) is 1.26. The van der Waals surface area contributed by atoms with Gasteiger partial charge in [-0.1, -0.05) is 6.92 Å². The second kappa shape index (κ2) is 4.13. The summed E-state index contributed by atoms with van der Waals surface area (Å²) >= 11 is 12.0. The highest BCUT2D eigenvalue weighted by atomic mass is 35.5. The van der Waals surface area contributed by atoms with Gasteiger partial charge in [-0.05, 0) is 41.1 Å². The minimum absolute atomic E-state index is 0.594. The molecule has 0 bridgehead atoms. The Balaban J connectivity index is 2.68. The SMILES string of the molecule is CCc1cc2sc(S)cc2cc1CCl. The molecule has 0 saturated carbocycles. The Morgan fingerprint density at radius 1 is 1.29 bits per heavy atom. The van der Waals surface area contributed by atoms with Crippen molar-refractivity contribution in [1.29, 1.82) is 0 Å². The Labute approximate surface area is 98.3 Å². The van der Waals surface area contributed by atoms with Gasteiger partial charge in [-0.2, -0.15) is 0 Å². The average molecular weight is 243 g/mol. The molecule has 2 aromatic rings. The molecule has 0 atom stereocenters. The minimum atomic E-state index is 0.594. The molecule has 0 unspecified atom stereocenters. The molecule has 0 aliphatic rings. The number of thiol groups is 1.